The number of unbranched alkanes of at least 4 members (excludes halogenated alkanes) is 2. The fourth-order valence-electron chi connectivity index (χ4n) is 1.52. The predicted octanol–water partition coefficient (Wildman–Crippen LogP) is 1.06. The lowest BCUT2D eigenvalue weighted by Gasteiger charge is -2.10. The van der Waals surface area contributed by atoms with Crippen molar-refractivity contribution >= 4 is 5.96 Å². The highest BCUT2D eigenvalue weighted by Gasteiger charge is 2.00. The van der Waals surface area contributed by atoms with E-state index in [0.717, 1.165) is 24.9 Å². The Morgan fingerprint density at radius 1 is 1.33 bits per heavy atom. The minimum atomic E-state index is 0.541. The van der Waals surface area contributed by atoms with Crippen LogP contribution >= 0.6 is 0 Å². The zero-order chi connectivity index (χ0) is 13.2. The van der Waals surface area contributed by atoms with Crippen LogP contribution < -0.4 is 10.6 Å². The number of aryl methyl sites for hydroxylation is 1. The van der Waals surface area contributed by atoms with E-state index in [0.29, 0.717) is 6.54 Å². The predicted molar refractivity (Wildman–Crippen MR) is 73.3 cm³/mol. The molecule has 0 saturated heterocycles. The van der Waals surface area contributed by atoms with E-state index in [4.69, 9.17) is 0 Å². The minimum absolute atomic E-state index is 0.541. The Kier molecular flexibility index (Phi) is 6.83. The Labute approximate surface area is 109 Å². The van der Waals surface area contributed by atoms with Gasteiger partial charge < -0.3 is 15.2 Å². The van der Waals surface area contributed by atoms with Crippen LogP contribution in [-0.2, 0) is 13.6 Å². The van der Waals surface area contributed by atoms with E-state index in [-0.39, 0.29) is 0 Å². The molecule has 0 unspecified atom stereocenters. The number of rotatable bonds is 7. The summed E-state index contributed by atoms with van der Waals surface area (Å²) in [7, 11) is 1.92. The molecule has 6 nitrogen and oxygen atoms in total. The van der Waals surface area contributed by atoms with Crippen molar-refractivity contribution in [2.75, 3.05) is 13.1 Å². The maximum Gasteiger partial charge on any atom is 0.191 e. The Morgan fingerprint density at radius 2 is 2.17 bits per heavy atom. The van der Waals surface area contributed by atoms with Gasteiger partial charge >= 0.3 is 0 Å². The van der Waals surface area contributed by atoms with Crippen LogP contribution in [0.25, 0.3) is 0 Å². The Bertz CT molecular complexity index is 357. The Hall–Kier alpha value is -1.59. The first-order valence-electron chi connectivity index (χ1n) is 6.63. The number of nitrogens with one attached hydrogen (secondary N) is 2. The Balaban J connectivity index is 2.42. The van der Waals surface area contributed by atoms with Crippen molar-refractivity contribution in [1.82, 2.24) is 25.4 Å². The zero-order valence-electron chi connectivity index (χ0n) is 11.6. The molecule has 1 aromatic heterocycles. The minimum Gasteiger partial charge on any atom is -0.357 e. The quantitative estimate of drug-likeness (QED) is 0.432. The molecule has 0 amide bonds. The van der Waals surface area contributed by atoms with Crippen LogP contribution in [0.3, 0.4) is 0 Å². The lowest BCUT2D eigenvalue weighted by Crippen LogP contribution is -2.37. The summed E-state index contributed by atoms with van der Waals surface area (Å²) in [5.74, 6) is 1.71. The third kappa shape index (κ3) is 5.16. The van der Waals surface area contributed by atoms with Gasteiger partial charge in [0.2, 0.25) is 0 Å². The molecule has 102 valence electrons. The van der Waals surface area contributed by atoms with Crippen molar-refractivity contribution in [3.05, 3.63) is 12.2 Å². The number of nitrogens with zero attached hydrogens (tertiary/aromatic N) is 4. The molecular formula is C12H24N6. The highest BCUT2D eigenvalue weighted by molar-refractivity contribution is 5.79. The molecule has 0 atom stereocenters. The second-order valence-corrected chi connectivity index (χ2v) is 4.19. The standard InChI is InChI=1S/C12H24N6/c1-4-6-7-8-14-12(13-5-2)15-9-11-17-16-10-18(11)3/h10H,4-9H2,1-3H3,(H2,13,14,15). The summed E-state index contributed by atoms with van der Waals surface area (Å²) in [4.78, 5) is 4.49. The summed E-state index contributed by atoms with van der Waals surface area (Å²) in [5.41, 5.74) is 0. The van der Waals surface area contributed by atoms with Crippen molar-refractivity contribution < 1.29 is 0 Å². The van der Waals surface area contributed by atoms with Crippen LogP contribution in [0.1, 0.15) is 38.9 Å². The highest BCUT2D eigenvalue weighted by Crippen LogP contribution is 1.94. The van der Waals surface area contributed by atoms with Crippen molar-refractivity contribution in [2.45, 2.75) is 39.7 Å². The van der Waals surface area contributed by atoms with E-state index in [2.05, 4.69) is 39.7 Å². The molecule has 1 aromatic rings. The molecule has 0 aliphatic rings. The van der Waals surface area contributed by atoms with Crippen molar-refractivity contribution in [2.24, 2.45) is 12.0 Å². The number of aromatic nitrogens is 3. The summed E-state index contributed by atoms with van der Waals surface area (Å²) in [6, 6.07) is 0. The molecule has 0 bridgehead atoms. The molecule has 0 aromatic carbocycles. The lowest BCUT2D eigenvalue weighted by atomic mass is 10.2. The lowest BCUT2D eigenvalue weighted by molar-refractivity contribution is 0.681. The molecule has 0 aliphatic carbocycles. The number of hydrogen-bond acceptors (Lipinski definition) is 3. The third-order valence-corrected chi connectivity index (χ3v) is 2.60. The van der Waals surface area contributed by atoms with Gasteiger partial charge in [-0.1, -0.05) is 19.8 Å². The van der Waals surface area contributed by atoms with E-state index in [9.17, 15) is 0 Å². The van der Waals surface area contributed by atoms with Gasteiger partial charge in [0.15, 0.2) is 11.8 Å². The average Bonchev–Trinajstić information content (AvgIpc) is 2.77. The van der Waals surface area contributed by atoms with Gasteiger partial charge in [-0.3, -0.25) is 0 Å². The molecular weight excluding hydrogens is 228 g/mol. The van der Waals surface area contributed by atoms with E-state index in [1.165, 1.54) is 19.3 Å². The molecule has 0 saturated carbocycles. The van der Waals surface area contributed by atoms with Gasteiger partial charge in [0.25, 0.3) is 0 Å². The smallest absolute Gasteiger partial charge is 0.191 e. The van der Waals surface area contributed by atoms with Gasteiger partial charge in [0, 0.05) is 20.1 Å². The zero-order valence-corrected chi connectivity index (χ0v) is 11.6. The van der Waals surface area contributed by atoms with Crippen molar-refractivity contribution in [3.63, 3.8) is 0 Å². The first kappa shape index (κ1) is 14.5. The van der Waals surface area contributed by atoms with E-state index in [1.807, 2.05) is 11.6 Å². The number of guanidine groups is 1. The van der Waals surface area contributed by atoms with E-state index >= 15 is 0 Å². The van der Waals surface area contributed by atoms with Crippen LogP contribution in [0, 0.1) is 0 Å². The first-order valence-corrected chi connectivity index (χ1v) is 6.63. The van der Waals surface area contributed by atoms with Crippen molar-refractivity contribution in [1.29, 1.82) is 0 Å². The SMILES string of the molecule is CCCCCNC(=NCc1nncn1C)NCC. The van der Waals surface area contributed by atoms with Gasteiger partial charge in [-0.25, -0.2) is 4.99 Å². The van der Waals surface area contributed by atoms with Crippen LogP contribution in [0.4, 0.5) is 0 Å². The molecule has 2 N–H and O–H groups in total. The molecule has 0 aliphatic heterocycles. The fourth-order valence-corrected chi connectivity index (χ4v) is 1.52. The first-order chi connectivity index (χ1) is 8.77. The topological polar surface area (TPSA) is 67.1 Å². The number of aliphatic imine (C=N–C) groups is 1. The average molecular weight is 252 g/mol. The summed E-state index contributed by atoms with van der Waals surface area (Å²) in [5, 5.41) is 14.4. The molecule has 0 radical (unpaired) electrons. The maximum absolute atomic E-state index is 4.49. The largest absolute Gasteiger partial charge is 0.357 e. The summed E-state index contributed by atoms with van der Waals surface area (Å²) < 4.78 is 1.88. The van der Waals surface area contributed by atoms with Gasteiger partial charge in [-0.2, -0.15) is 0 Å². The Morgan fingerprint density at radius 3 is 2.78 bits per heavy atom. The monoisotopic (exact) mass is 252 g/mol. The molecule has 0 fully saturated rings. The fraction of sp³-hybridized carbons (Fsp3) is 0.750. The molecule has 6 heteroatoms. The van der Waals surface area contributed by atoms with Gasteiger partial charge in [0.05, 0.1) is 0 Å². The van der Waals surface area contributed by atoms with Gasteiger partial charge in [-0.05, 0) is 13.3 Å². The van der Waals surface area contributed by atoms with Gasteiger partial charge in [0.1, 0.15) is 12.9 Å². The van der Waals surface area contributed by atoms with Crippen LogP contribution in [0.15, 0.2) is 11.3 Å². The maximum atomic E-state index is 4.49. The molecule has 1 heterocycles. The second kappa shape index (κ2) is 8.49. The molecule has 18 heavy (non-hydrogen) atoms. The summed E-state index contributed by atoms with van der Waals surface area (Å²) in [6.07, 6.45) is 5.33. The normalized spacial score (nSPS) is 11.6. The second-order valence-electron chi connectivity index (χ2n) is 4.19. The van der Waals surface area contributed by atoms with E-state index in [1.54, 1.807) is 6.33 Å². The molecule has 0 spiro atoms. The highest BCUT2D eigenvalue weighted by atomic mass is 15.3. The molecule has 1 rings (SSSR count). The van der Waals surface area contributed by atoms with Crippen molar-refractivity contribution in [3.8, 4) is 0 Å². The number of hydrogen-bond donors (Lipinski definition) is 2. The summed E-state index contributed by atoms with van der Waals surface area (Å²) >= 11 is 0. The summed E-state index contributed by atoms with van der Waals surface area (Å²) in [6.45, 7) is 6.62. The van der Waals surface area contributed by atoms with Crippen LogP contribution in [-0.4, -0.2) is 33.8 Å². The van der Waals surface area contributed by atoms with E-state index < -0.39 is 0 Å². The van der Waals surface area contributed by atoms with Crippen LogP contribution in [0.5, 0.6) is 0 Å². The van der Waals surface area contributed by atoms with Gasteiger partial charge in [-0.15, -0.1) is 10.2 Å². The van der Waals surface area contributed by atoms with Crippen LogP contribution in [0.2, 0.25) is 0 Å². The third-order valence-electron chi connectivity index (χ3n) is 2.60.